The lowest BCUT2D eigenvalue weighted by Gasteiger charge is -2.32. The third kappa shape index (κ3) is 7.33. The van der Waals surface area contributed by atoms with Crippen molar-refractivity contribution in [3.8, 4) is 16.9 Å². The summed E-state index contributed by atoms with van der Waals surface area (Å²) in [5.41, 5.74) is 7.27. The molecule has 2 aliphatic heterocycles. The summed E-state index contributed by atoms with van der Waals surface area (Å²) in [5, 5.41) is 14.2. The highest BCUT2D eigenvalue weighted by molar-refractivity contribution is 5.91. The predicted octanol–water partition coefficient (Wildman–Crippen LogP) is 6.59. The van der Waals surface area contributed by atoms with Gasteiger partial charge in [0.1, 0.15) is 17.3 Å². The van der Waals surface area contributed by atoms with Gasteiger partial charge in [-0.1, -0.05) is 30.7 Å². The number of carboxylic acids is 1. The summed E-state index contributed by atoms with van der Waals surface area (Å²) in [7, 11) is 0. The number of likely N-dealkylation sites (tertiary alicyclic amines) is 1. The summed E-state index contributed by atoms with van der Waals surface area (Å²) < 4.78 is 11.9. The minimum absolute atomic E-state index is 0.106. The first-order chi connectivity index (χ1) is 22.4. The van der Waals surface area contributed by atoms with Gasteiger partial charge in [0.2, 0.25) is 0 Å². The molecular weight excluding hydrogens is 578 g/mol. The van der Waals surface area contributed by atoms with Crippen molar-refractivity contribution in [2.45, 2.75) is 65.1 Å². The van der Waals surface area contributed by atoms with Crippen LogP contribution >= 0.6 is 0 Å². The molecule has 0 aliphatic carbocycles. The van der Waals surface area contributed by atoms with Gasteiger partial charge in [0.25, 0.3) is 0 Å². The second kappa shape index (κ2) is 14.6. The Morgan fingerprint density at radius 2 is 1.83 bits per heavy atom. The van der Waals surface area contributed by atoms with Crippen molar-refractivity contribution >= 4 is 28.4 Å². The Labute approximate surface area is 271 Å². The number of rotatable bonds is 11. The lowest BCUT2D eigenvalue weighted by atomic mass is 9.95. The van der Waals surface area contributed by atoms with Crippen molar-refractivity contribution in [3.05, 3.63) is 77.6 Å². The van der Waals surface area contributed by atoms with Crippen LogP contribution in [0.15, 0.2) is 60.9 Å². The number of ether oxygens (including phenoxy) is 2. The second-order valence-electron chi connectivity index (χ2n) is 12.6. The van der Waals surface area contributed by atoms with Crippen LogP contribution in [-0.2, 0) is 16.1 Å². The van der Waals surface area contributed by atoms with E-state index in [1.165, 1.54) is 0 Å². The predicted molar refractivity (Wildman–Crippen MR) is 182 cm³/mol. The number of piperidine rings is 1. The number of aromatic nitrogens is 2. The second-order valence-corrected chi connectivity index (χ2v) is 12.6. The molecule has 2 aromatic heterocycles. The Morgan fingerprint density at radius 1 is 1.04 bits per heavy atom. The van der Waals surface area contributed by atoms with Gasteiger partial charge in [0, 0.05) is 49.6 Å². The molecule has 4 aromatic rings. The van der Waals surface area contributed by atoms with E-state index in [0.29, 0.717) is 18.8 Å². The van der Waals surface area contributed by atoms with Gasteiger partial charge in [-0.25, -0.2) is 4.98 Å². The molecule has 6 rings (SSSR count). The molecule has 0 bridgehead atoms. The summed E-state index contributed by atoms with van der Waals surface area (Å²) in [5.74, 6) is 0.860. The number of carboxylic acid groups (broad SMARTS) is 1. The van der Waals surface area contributed by atoms with Gasteiger partial charge in [-0.05, 0) is 98.7 Å². The standard InChI is InChI=1S/C37H45N5O4/c1-25(14-17-41-18-20-45-21-19-41)46-34-12-7-9-31(27(34)3)30-8-6-10-32(26(30)2)40-36-35-29(13-15-38-36)22-28(23-39-35)24-42-16-5-4-11-33(42)37(43)44/h6-10,12-13,15,22-23,25,33H,4-5,11,14,16-21,24H2,1-3H3,(H,38,40)(H,43,44). The van der Waals surface area contributed by atoms with Gasteiger partial charge in [-0.15, -0.1) is 0 Å². The molecule has 46 heavy (non-hydrogen) atoms. The third-order valence-electron chi connectivity index (χ3n) is 9.39. The maximum atomic E-state index is 11.8. The highest BCUT2D eigenvalue weighted by Crippen LogP contribution is 2.36. The summed E-state index contributed by atoms with van der Waals surface area (Å²) in [4.78, 5) is 25.7. The largest absolute Gasteiger partial charge is 0.490 e. The van der Waals surface area contributed by atoms with Crippen molar-refractivity contribution in [2.75, 3.05) is 44.7 Å². The normalized spacial score (nSPS) is 18.4. The number of carbonyl (C=O) groups is 1. The number of nitrogens with one attached hydrogen (secondary N) is 1. The van der Waals surface area contributed by atoms with Gasteiger partial charge in [-0.2, -0.15) is 0 Å². The van der Waals surface area contributed by atoms with Crippen LogP contribution in [0.4, 0.5) is 11.5 Å². The average molecular weight is 624 g/mol. The molecule has 2 aromatic carbocycles. The van der Waals surface area contributed by atoms with Crippen molar-refractivity contribution in [1.29, 1.82) is 0 Å². The van der Waals surface area contributed by atoms with Crippen LogP contribution in [0, 0.1) is 13.8 Å². The molecule has 4 heterocycles. The molecule has 0 radical (unpaired) electrons. The Bertz CT molecular complexity index is 1670. The Kier molecular flexibility index (Phi) is 10.1. The van der Waals surface area contributed by atoms with Crippen molar-refractivity contribution < 1.29 is 19.4 Å². The van der Waals surface area contributed by atoms with Crippen LogP contribution in [0.25, 0.3) is 22.0 Å². The fraction of sp³-hybridized carbons (Fsp3) is 0.432. The fourth-order valence-corrected chi connectivity index (χ4v) is 6.67. The van der Waals surface area contributed by atoms with Crippen molar-refractivity contribution in [1.82, 2.24) is 19.8 Å². The van der Waals surface area contributed by atoms with Crippen LogP contribution in [0.3, 0.4) is 0 Å². The molecule has 242 valence electrons. The smallest absolute Gasteiger partial charge is 0.320 e. The third-order valence-corrected chi connectivity index (χ3v) is 9.39. The number of hydrogen-bond donors (Lipinski definition) is 2. The molecule has 0 saturated carbocycles. The van der Waals surface area contributed by atoms with Gasteiger partial charge < -0.3 is 19.9 Å². The maximum absolute atomic E-state index is 11.8. The topological polar surface area (TPSA) is 100 Å². The molecule has 9 nitrogen and oxygen atoms in total. The number of pyridine rings is 2. The summed E-state index contributed by atoms with van der Waals surface area (Å²) in [6.07, 6.45) is 7.39. The molecule has 2 atom stereocenters. The number of fused-ring (bicyclic) bond motifs is 1. The number of anilines is 2. The number of aliphatic carboxylic acids is 1. The van der Waals surface area contributed by atoms with E-state index in [1.807, 2.05) is 12.3 Å². The van der Waals surface area contributed by atoms with Crippen molar-refractivity contribution in [2.24, 2.45) is 0 Å². The number of hydrogen-bond acceptors (Lipinski definition) is 8. The van der Waals surface area contributed by atoms with Crippen LogP contribution in [-0.4, -0.2) is 82.4 Å². The average Bonchev–Trinajstić information content (AvgIpc) is 3.06. The molecule has 2 fully saturated rings. The Balaban J connectivity index is 1.18. The molecule has 2 aliphatic rings. The Morgan fingerprint density at radius 3 is 2.63 bits per heavy atom. The maximum Gasteiger partial charge on any atom is 0.320 e. The van der Waals surface area contributed by atoms with Crippen LogP contribution in [0.5, 0.6) is 5.75 Å². The monoisotopic (exact) mass is 623 g/mol. The minimum Gasteiger partial charge on any atom is -0.490 e. The zero-order valence-corrected chi connectivity index (χ0v) is 27.2. The highest BCUT2D eigenvalue weighted by Gasteiger charge is 2.28. The number of benzene rings is 2. The summed E-state index contributed by atoms with van der Waals surface area (Å²) in [6, 6.07) is 16.2. The fourth-order valence-electron chi connectivity index (χ4n) is 6.67. The summed E-state index contributed by atoms with van der Waals surface area (Å²) in [6.45, 7) is 12.4. The summed E-state index contributed by atoms with van der Waals surface area (Å²) >= 11 is 0. The molecule has 2 N–H and O–H groups in total. The van der Waals surface area contributed by atoms with E-state index in [4.69, 9.17) is 14.5 Å². The minimum atomic E-state index is -0.745. The van der Waals surface area contributed by atoms with Crippen LogP contribution in [0.1, 0.15) is 49.3 Å². The van der Waals surface area contributed by atoms with Crippen LogP contribution in [0.2, 0.25) is 0 Å². The van der Waals surface area contributed by atoms with E-state index >= 15 is 0 Å². The SMILES string of the molecule is Cc1c(Nc2nccc3cc(CN4CCCCC4C(=O)O)cnc23)cccc1-c1cccc(OC(C)CCN2CCOCC2)c1C. The van der Waals surface area contributed by atoms with E-state index in [1.54, 1.807) is 6.20 Å². The van der Waals surface area contributed by atoms with E-state index in [-0.39, 0.29) is 6.10 Å². The van der Waals surface area contributed by atoms with Gasteiger partial charge in [-0.3, -0.25) is 19.6 Å². The highest BCUT2D eigenvalue weighted by atomic mass is 16.5. The molecule has 0 spiro atoms. The van der Waals surface area contributed by atoms with Crippen LogP contribution < -0.4 is 10.1 Å². The van der Waals surface area contributed by atoms with E-state index in [2.05, 4.69) is 83.3 Å². The van der Waals surface area contributed by atoms with E-state index in [9.17, 15) is 9.90 Å². The molecule has 9 heteroatoms. The van der Waals surface area contributed by atoms with Gasteiger partial charge >= 0.3 is 5.97 Å². The molecule has 0 amide bonds. The van der Waals surface area contributed by atoms with Crippen molar-refractivity contribution in [3.63, 3.8) is 0 Å². The molecular formula is C37H45N5O4. The molecule has 2 unspecified atom stereocenters. The first-order valence-electron chi connectivity index (χ1n) is 16.5. The Hall–Kier alpha value is -4.05. The van der Waals surface area contributed by atoms with E-state index < -0.39 is 12.0 Å². The number of morpholine rings is 1. The zero-order chi connectivity index (χ0) is 32.0. The lowest BCUT2D eigenvalue weighted by molar-refractivity contribution is -0.144. The van der Waals surface area contributed by atoms with Gasteiger partial charge in [0.15, 0.2) is 5.82 Å². The number of nitrogens with zero attached hydrogens (tertiary/aromatic N) is 4. The first-order valence-corrected chi connectivity index (χ1v) is 16.5. The zero-order valence-electron chi connectivity index (χ0n) is 27.2. The van der Waals surface area contributed by atoms with Gasteiger partial charge in [0.05, 0.1) is 19.3 Å². The molecule has 2 saturated heterocycles. The van der Waals surface area contributed by atoms with E-state index in [0.717, 1.165) is 109 Å². The quantitative estimate of drug-likeness (QED) is 0.192. The lowest BCUT2D eigenvalue weighted by Crippen LogP contribution is -2.44. The first kappa shape index (κ1) is 31.9.